The molecule has 0 aliphatic carbocycles. The van der Waals surface area contributed by atoms with Crippen LogP contribution in [-0.2, 0) is 6.42 Å². The summed E-state index contributed by atoms with van der Waals surface area (Å²) < 4.78 is 5.43. The minimum absolute atomic E-state index is 0.0271. The number of nitro groups is 1. The summed E-state index contributed by atoms with van der Waals surface area (Å²) in [6, 6.07) is 6.23. The number of nitrogens with two attached hydrogens (primary N) is 1. The molecule has 0 fully saturated rings. The number of hydrogen-bond acceptors (Lipinski definition) is 5. The van der Waals surface area contributed by atoms with Gasteiger partial charge < -0.3 is 10.2 Å². The van der Waals surface area contributed by atoms with E-state index in [4.69, 9.17) is 10.2 Å². The molecule has 0 aliphatic rings. The van der Waals surface area contributed by atoms with E-state index in [2.05, 4.69) is 4.98 Å². The highest BCUT2D eigenvalue weighted by Crippen LogP contribution is 2.24. The summed E-state index contributed by atoms with van der Waals surface area (Å²) in [5.41, 5.74) is 6.04. The molecule has 6 heteroatoms. The van der Waals surface area contributed by atoms with Gasteiger partial charge in [0.2, 0.25) is 0 Å². The smallest absolute Gasteiger partial charge is 0.270 e. The van der Waals surface area contributed by atoms with Crippen LogP contribution < -0.4 is 5.73 Å². The Hall–Kier alpha value is -2.21. The van der Waals surface area contributed by atoms with Crippen LogP contribution in [0.4, 0.5) is 5.69 Å². The van der Waals surface area contributed by atoms with Crippen molar-refractivity contribution in [3.05, 3.63) is 46.5 Å². The second-order valence-corrected chi connectivity index (χ2v) is 3.46. The van der Waals surface area contributed by atoms with Gasteiger partial charge in [-0.1, -0.05) is 12.1 Å². The maximum Gasteiger partial charge on any atom is 0.270 e. The Morgan fingerprint density at radius 1 is 1.47 bits per heavy atom. The number of rotatable bonds is 4. The summed E-state index contributed by atoms with van der Waals surface area (Å²) in [6.45, 7) is 0.453. The van der Waals surface area contributed by atoms with Crippen LogP contribution in [0.15, 0.2) is 34.9 Å². The summed E-state index contributed by atoms with van der Waals surface area (Å²) in [4.78, 5) is 14.2. The van der Waals surface area contributed by atoms with Crippen molar-refractivity contribution in [1.29, 1.82) is 0 Å². The third-order valence-electron chi connectivity index (χ3n) is 2.25. The Kier molecular flexibility index (Phi) is 3.15. The van der Waals surface area contributed by atoms with Crippen molar-refractivity contribution in [2.75, 3.05) is 6.54 Å². The van der Waals surface area contributed by atoms with Crippen LogP contribution in [-0.4, -0.2) is 16.5 Å². The quantitative estimate of drug-likeness (QED) is 0.641. The van der Waals surface area contributed by atoms with Crippen molar-refractivity contribution in [2.24, 2.45) is 5.73 Å². The lowest BCUT2D eigenvalue weighted by molar-refractivity contribution is -0.384. The maximum atomic E-state index is 10.6. The molecule has 0 aliphatic heterocycles. The molecule has 1 aromatic carbocycles. The first-order valence-corrected chi connectivity index (χ1v) is 5.10. The van der Waals surface area contributed by atoms with Crippen molar-refractivity contribution in [1.82, 2.24) is 4.98 Å². The summed E-state index contributed by atoms with van der Waals surface area (Å²) in [7, 11) is 0. The molecule has 0 atom stereocenters. The topological polar surface area (TPSA) is 95.2 Å². The lowest BCUT2D eigenvalue weighted by atomic mass is 10.2. The second-order valence-electron chi connectivity index (χ2n) is 3.46. The number of hydrogen-bond donors (Lipinski definition) is 1. The van der Waals surface area contributed by atoms with E-state index in [9.17, 15) is 10.1 Å². The number of nitro benzene ring substituents is 1. The lowest BCUT2D eigenvalue weighted by Crippen LogP contribution is -2.02. The Bertz CT molecular complexity index is 536. The van der Waals surface area contributed by atoms with Gasteiger partial charge in [0.15, 0.2) is 11.7 Å². The minimum atomic E-state index is -0.444. The van der Waals surface area contributed by atoms with Crippen molar-refractivity contribution in [3.8, 4) is 11.3 Å². The van der Waals surface area contributed by atoms with Gasteiger partial charge in [-0.25, -0.2) is 4.98 Å². The molecule has 0 bridgehead atoms. The van der Waals surface area contributed by atoms with E-state index >= 15 is 0 Å². The fourth-order valence-corrected chi connectivity index (χ4v) is 1.46. The van der Waals surface area contributed by atoms with Crippen LogP contribution >= 0.6 is 0 Å². The van der Waals surface area contributed by atoms with E-state index in [0.29, 0.717) is 30.2 Å². The molecular weight excluding hydrogens is 222 g/mol. The van der Waals surface area contributed by atoms with Gasteiger partial charge in [-0.15, -0.1) is 0 Å². The van der Waals surface area contributed by atoms with Crippen LogP contribution in [0.3, 0.4) is 0 Å². The molecule has 2 N–H and O–H groups in total. The van der Waals surface area contributed by atoms with Gasteiger partial charge in [0.05, 0.1) is 11.1 Å². The molecule has 2 rings (SSSR count). The monoisotopic (exact) mass is 233 g/mol. The number of oxazole rings is 1. The highest BCUT2D eigenvalue weighted by atomic mass is 16.6. The molecular formula is C11H11N3O3. The van der Waals surface area contributed by atoms with E-state index in [1.165, 1.54) is 12.1 Å². The van der Waals surface area contributed by atoms with Crippen LogP contribution in [0.25, 0.3) is 11.3 Å². The highest BCUT2D eigenvalue weighted by Gasteiger charge is 2.10. The van der Waals surface area contributed by atoms with Crippen molar-refractivity contribution < 1.29 is 9.34 Å². The molecule has 88 valence electrons. The predicted molar refractivity (Wildman–Crippen MR) is 61.4 cm³/mol. The van der Waals surface area contributed by atoms with Crippen LogP contribution in [0.2, 0.25) is 0 Å². The second kappa shape index (κ2) is 4.75. The van der Waals surface area contributed by atoms with Gasteiger partial charge in [-0.3, -0.25) is 10.1 Å². The Labute approximate surface area is 97.2 Å². The zero-order chi connectivity index (χ0) is 12.3. The van der Waals surface area contributed by atoms with Crippen molar-refractivity contribution in [3.63, 3.8) is 0 Å². The van der Waals surface area contributed by atoms with Gasteiger partial charge in [0.25, 0.3) is 5.69 Å². The fraction of sp³-hybridized carbons (Fsp3) is 0.182. The zero-order valence-corrected chi connectivity index (χ0v) is 9.00. The molecule has 0 unspecified atom stereocenters. The normalized spacial score (nSPS) is 10.4. The van der Waals surface area contributed by atoms with E-state index < -0.39 is 4.92 Å². The Morgan fingerprint density at radius 3 is 3.00 bits per heavy atom. The third kappa shape index (κ3) is 2.48. The van der Waals surface area contributed by atoms with Gasteiger partial charge in [-0.2, -0.15) is 0 Å². The Morgan fingerprint density at radius 2 is 2.29 bits per heavy atom. The fourth-order valence-electron chi connectivity index (χ4n) is 1.46. The zero-order valence-electron chi connectivity index (χ0n) is 9.00. The van der Waals surface area contributed by atoms with E-state index in [0.717, 1.165) is 0 Å². The molecule has 0 saturated carbocycles. The van der Waals surface area contributed by atoms with E-state index in [-0.39, 0.29) is 5.69 Å². The molecule has 0 saturated heterocycles. The largest absolute Gasteiger partial charge is 0.441 e. The number of aromatic nitrogens is 1. The number of benzene rings is 1. The first-order valence-electron chi connectivity index (χ1n) is 5.10. The molecule has 0 amide bonds. The summed E-state index contributed by atoms with van der Waals surface area (Å²) in [5, 5.41) is 10.6. The van der Waals surface area contributed by atoms with Gasteiger partial charge in [0.1, 0.15) is 0 Å². The Balaban J connectivity index is 2.32. The standard InChI is InChI=1S/C11H11N3O3/c12-5-4-11-13-7-10(17-11)8-2-1-3-9(6-8)14(15)16/h1-3,6-7H,4-5,12H2. The van der Waals surface area contributed by atoms with Crippen LogP contribution in [0.5, 0.6) is 0 Å². The summed E-state index contributed by atoms with van der Waals surface area (Å²) in [6.07, 6.45) is 2.10. The molecule has 2 aromatic rings. The van der Waals surface area contributed by atoms with Crippen LogP contribution in [0.1, 0.15) is 5.89 Å². The first-order chi connectivity index (χ1) is 8.20. The number of nitrogens with zero attached hydrogens (tertiary/aromatic N) is 2. The van der Waals surface area contributed by atoms with E-state index in [1.807, 2.05) is 0 Å². The highest BCUT2D eigenvalue weighted by molar-refractivity contribution is 5.60. The average Bonchev–Trinajstić information content (AvgIpc) is 2.78. The molecule has 6 nitrogen and oxygen atoms in total. The molecule has 17 heavy (non-hydrogen) atoms. The van der Waals surface area contributed by atoms with Gasteiger partial charge >= 0.3 is 0 Å². The maximum absolute atomic E-state index is 10.6. The van der Waals surface area contributed by atoms with Gasteiger partial charge in [-0.05, 0) is 0 Å². The van der Waals surface area contributed by atoms with Gasteiger partial charge in [0, 0.05) is 30.7 Å². The lowest BCUT2D eigenvalue weighted by Gasteiger charge is -1.96. The third-order valence-corrected chi connectivity index (χ3v) is 2.25. The van der Waals surface area contributed by atoms with E-state index in [1.54, 1.807) is 18.3 Å². The van der Waals surface area contributed by atoms with Crippen molar-refractivity contribution >= 4 is 5.69 Å². The summed E-state index contributed by atoms with van der Waals surface area (Å²) in [5.74, 6) is 1.05. The first kappa shape index (κ1) is 11.3. The summed E-state index contributed by atoms with van der Waals surface area (Å²) >= 11 is 0. The average molecular weight is 233 g/mol. The molecule has 0 spiro atoms. The number of non-ortho nitro benzene ring substituents is 1. The molecule has 1 aromatic heterocycles. The molecule has 0 radical (unpaired) electrons. The molecule has 1 heterocycles. The predicted octanol–water partition coefficient (Wildman–Crippen LogP) is 1.75. The SMILES string of the molecule is NCCc1ncc(-c2cccc([N+](=O)[O-])c2)o1. The van der Waals surface area contributed by atoms with Crippen molar-refractivity contribution in [2.45, 2.75) is 6.42 Å². The minimum Gasteiger partial charge on any atom is -0.441 e. The van der Waals surface area contributed by atoms with Crippen LogP contribution in [0, 0.1) is 10.1 Å².